The van der Waals surface area contributed by atoms with Crippen molar-refractivity contribution in [2.75, 3.05) is 39.4 Å². The number of hydrogen-bond donors (Lipinski definition) is 0. The van der Waals surface area contributed by atoms with Crippen molar-refractivity contribution in [2.24, 2.45) is 4.99 Å². The van der Waals surface area contributed by atoms with Crippen LogP contribution in [0.3, 0.4) is 0 Å². The van der Waals surface area contributed by atoms with Crippen LogP contribution in [0.1, 0.15) is 11.1 Å². The maximum absolute atomic E-state index is 5.42. The van der Waals surface area contributed by atoms with Crippen molar-refractivity contribution in [3.05, 3.63) is 59.3 Å². The molecule has 0 radical (unpaired) electrons. The van der Waals surface area contributed by atoms with Gasteiger partial charge in [-0.05, 0) is 36.8 Å². The van der Waals surface area contributed by atoms with E-state index in [-0.39, 0.29) is 6.04 Å². The lowest BCUT2D eigenvalue weighted by Gasteiger charge is -2.28. The largest absolute Gasteiger partial charge is 0.379 e. The van der Waals surface area contributed by atoms with Crippen molar-refractivity contribution in [2.45, 2.75) is 13.0 Å². The standard InChI is InChI=1S/C21H23N3O/c1-17-2-4-18(5-3-17)6-7-20-16-24-9-8-19(14-21(24)22-20)15-23-10-12-25-13-11-23/h2-5,8-9,14,20H,10-13,15-16H2,1H3. The van der Waals surface area contributed by atoms with E-state index in [0.717, 1.165) is 50.8 Å². The van der Waals surface area contributed by atoms with Crippen molar-refractivity contribution >= 4 is 5.84 Å². The number of amidine groups is 1. The topological polar surface area (TPSA) is 28.1 Å². The number of nitrogens with zero attached hydrogens (tertiary/aromatic N) is 3. The van der Waals surface area contributed by atoms with Crippen LogP contribution in [0.4, 0.5) is 0 Å². The zero-order chi connectivity index (χ0) is 17.1. The quantitative estimate of drug-likeness (QED) is 0.777. The molecule has 0 aromatic heterocycles. The first-order valence-electron chi connectivity index (χ1n) is 8.88. The van der Waals surface area contributed by atoms with Crippen LogP contribution in [0.15, 0.2) is 53.2 Å². The zero-order valence-corrected chi connectivity index (χ0v) is 14.6. The molecule has 3 aliphatic rings. The zero-order valence-electron chi connectivity index (χ0n) is 14.6. The van der Waals surface area contributed by atoms with Gasteiger partial charge in [0.05, 0.1) is 19.8 Å². The number of rotatable bonds is 2. The van der Waals surface area contributed by atoms with Gasteiger partial charge in [0.15, 0.2) is 0 Å². The highest BCUT2D eigenvalue weighted by atomic mass is 16.5. The van der Waals surface area contributed by atoms with Gasteiger partial charge in [-0.2, -0.15) is 0 Å². The lowest BCUT2D eigenvalue weighted by molar-refractivity contribution is 0.0426. The van der Waals surface area contributed by atoms with Crippen LogP contribution in [0.2, 0.25) is 0 Å². The third-order valence-corrected chi connectivity index (χ3v) is 4.68. The number of aliphatic imine (C=N–C) groups is 1. The summed E-state index contributed by atoms with van der Waals surface area (Å²) in [5.74, 6) is 7.59. The molecule has 25 heavy (non-hydrogen) atoms. The number of benzene rings is 1. The van der Waals surface area contributed by atoms with Gasteiger partial charge in [-0.15, -0.1) is 0 Å². The van der Waals surface area contributed by atoms with Crippen molar-refractivity contribution < 1.29 is 4.74 Å². The molecule has 3 heterocycles. The highest BCUT2D eigenvalue weighted by molar-refractivity contribution is 5.97. The monoisotopic (exact) mass is 333 g/mol. The summed E-state index contributed by atoms with van der Waals surface area (Å²) in [6.45, 7) is 7.57. The second kappa shape index (κ2) is 7.26. The van der Waals surface area contributed by atoms with Crippen LogP contribution in [0.5, 0.6) is 0 Å². The van der Waals surface area contributed by atoms with E-state index in [0.29, 0.717) is 0 Å². The molecule has 0 amide bonds. The van der Waals surface area contributed by atoms with Crippen molar-refractivity contribution in [3.8, 4) is 11.8 Å². The predicted molar refractivity (Wildman–Crippen MR) is 100 cm³/mol. The molecule has 1 aromatic carbocycles. The predicted octanol–water partition coefficient (Wildman–Crippen LogP) is 2.22. The molecule has 4 rings (SSSR count). The molecule has 1 aromatic rings. The minimum Gasteiger partial charge on any atom is -0.379 e. The highest BCUT2D eigenvalue weighted by Crippen LogP contribution is 2.18. The maximum atomic E-state index is 5.42. The fourth-order valence-electron chi connectivity index (χ4n) is 3.21. The van der Waals surface area contributed by atoms with E-state index in [1.54, 1.807) is 0 Å². The summed E-state index contributed by atoms with van der Waals surface area (Å²) >= 11 is 0. The van der Waals surface area contributed by atoms with Crippen LogP contribution in [0.25, 0.3) is 0 Å². The van der Waals surface area contributed by atoms with Crippen molar-refractivity contribution in [3.63, 3.8) is 0 Å². The molecule has 4 heteroatoms. The van der Waals surface area contributed by atoms with Gasteiger partial charge in [0, 0.05) is 31.4 Å². The minimum atomic E-state index is 0.0416. The smallest absolute Gasteiger partial charge is 0.131 e. The SMILES string of the molecule is Cc1ccc(C#CC2CN3C=CC(CN4CCOCC4)=CC3=N2)cc1. The molecule has 4 nitrogen and oxygen atoms in total. The van der Waals surface area contributed by atoms with Crippen molar-refractivity contribution in [1.29, 1.82) is 0 Å². The molecule has 0 spiro atoms. The Balaban J connectivity index is 1.42. The van der Waals surface area contributed by atoms with Crippen LogP contribution in [-0.2, 0) is 4.74 Å². The van der Waals surface area contributed by atoms with Gasteiger partial charge in [-0.1, -0.05) is 29.5 Å². The second-order valence-corrected chi connectivity index (χ2v) is 6.71. The number of morpholine rings is 1. The fraction of sp³-hybridized carbons (Fsp3) is 0.381. The van der Waals surface area contributed by atoms with E-state index >= 15 is 0 Å². The Morgan fingerprint density at radius 3 is 2.80 bits per heavy atom. The molecule has 1 unspecified atom stereocenters. The summed E-state index contributed by atoms with van der Waals surface area (Å²) < 4.78 is 5.42. The van der Waals surface area contributed by atoms with Gasteiger partial charge >= 0.3 is 0 Å². The molecule has 0 aliphatic carbocycles. The Morgan fingerprint density at radius 1 is 1.20 bits per heavy atom. The molecular formula is C21H23N3O. The minimum absolute atomic E-state index is 0.0416. The average Bonchev–Trinajstić information content (AvgIpc) is 3.04. The highest BCUT2D eigenvalue weighted by Gasteiger charge is 2.23. The molecule has 1 fully saturated rings. The molecule has 128 valence electrons. The lowest BCUT2D eigenvalue weighted by Crippen LogP contribution is -2.38. The van der Waals surface area contributed by atoms with E-state index in [2.05, 4.69) is 71.2 Å². The summed E-state index contributed by atoms with van der Waals surface area (Å²) in [6, 6.07) is 8.37. The Kier molecular flexibility index (Phi) is 4.69. The van der Waals surface area contributed by atoms with Gasteiger partial charge in [0.1, 0.15) is 11.9 Å². The molecule has 1 saturated heterocycles. The van der Waals surface area contributed by atoms with Crippen molar-refractivity contribution in [1.82, 2.24) is 9.80 Å². The van der Waals surface area contributed by atoms with Gasteiger partial charge in [-0.3, -0.25) is 4.90 Å². The molecule has 0 saturated carbocycles. The fourth-order valence-corrected chi connectivity index (χ4v) is 3.21. The van der Waals surface area contributed by atoms with Crippen LogP contribution in [-0.4, -0.2) is 61.1 Å². The number of ether oxygens (including phenoxy) is 1. The maximum Gasteiger partial charge on any atom is 0.131 e. The Bertz CT molecular complexity index is 774. The molecule has 0 bridgehead atoms. The summed E-state index contributed by atoms with van der Waals surface area (Å²) in [7, 11) is 0. The Labute approximate surface area is 149 Å². The summed E-state index contributed by atoms with van der Waals surface area (Å²) in [5, 5.41) is 0. The Hall–Kier alpha value is -2.35. The summed E-state index contributed by atoms with van der Waals surface area (Å²) in [6.07, 6.45) is 6.54. The van der Waals surface area contributed by atoms with E-state index in [1.807, 2.05) is 0 Å². The van der Waals surface area contributed by atoms with E-state index in [1.165, 1.54) is 11.1 Å². The normalized spacial score (nSPS) is 22.8. The van der Waals surface area contributed by atoms with E-state index in [4.69, 9.17) is 9.73 Å². The number of aryl methyl sites for hydroxylation is 1. The first-order valence-corrected chi connectivity index (χ1v) is 8.88. The Morgan fingerprint density at radius 2 is 2.00 bits per heavy atom. The van der Waals surface area contributed by atoms with E-state index in [9.17, 15) is 0 Å². The van der Waals surface area contributed by atoms with Gasteiger partial charge in [-0.25, -0.2) is 4.99 Å². The average molecular weight is 333 g/mol. The van der Waals surface area contributed by atoms with Gasteiger partial charge < -0.3 is 9.64 Å². The van der Waals surface area contributed by atoms with Crippen LogP contribution >= 0.6 is 0 Å². The van der Waals surface area contributed by atoms with Crippen LogP contribution in [0, 0.1) is 18.8 Å². The van der Waals surface area contributed by atoms with Gasteiger partial charge in [0.2, 0.25) is 0 Å². The first kappa shape index (κ1) is 16.1. The second-order valence-electron chi connectivity index (χ2n) is 6.71. The third-order valence-electron chi connectivity index (χ3n) is 4.68. The first-order chi connectivity index (χ1) is 12.3. The summed E-state index contributed by atoms with van der Waals surface area (Å²) in [5.41, 5.74) is 3.62. The molecule has 0 N–H and O–H groups in total. The number of fused-ring (bicyclic) bond motifs is 1. The van der Waals surface area contributed by atoms with E-state index < -0.39 is 0 Å². The third kappa shape index (κ3) is 4.01. The summed E-state index contributed by atoms with van der Waals surface area (Å²) in [4.78, 5) is 9.41. The lowest BCUT2D eigenvalue weighted by atomic mass is 10.1. The van der Waals surface area contributed by atoms with Crippen LogP contribution < -0.4 is 0 Å². The number of hydrogen-bond acceptors (Lipinski definition) is 4. The molecule has 1 atom stereocenters. The van der Waals surface area contributed by atoms with Gasteiger partial charge in [0.25, 0.3) is 0 Å². The molecular weight excluding hydrogens is 310 g/mol. The molecule has 3 aliphatic heterocycles.